The first-order valence-corrected chi connectivity index (χ1v) is 8.30. The average molecular weight is 395 g/mol. The Morgan fingerprint density at radius 3 is 2.71 bits per heavy atom. The van der Waals surface area contributed by atoms with E-state index in [2.05, 4.69) is 31.0 Å². The summed E-state index contributed by atoms with van der Waals surface area (Å²) in [7, 11) is -2.43. The lowest BCUT2D eigenvalue weighted by Gasteiger charge is -2.12. The van der Waals surface area contributed by atoms with Crippen LogP contribution in [-0.2, 0) is 10.0 Å². The maximum Gasteiger partial charge on any atom is 0.265 e. The van der Waals surface area contributed by atoms with E-state index in [9.17, 15) is 12.8 Å². The smallest absolute Gasteiger partial charge is 0.265 e. The predicted molar refractivity (Wildman–Crippen MR) is 83.7 cm³/mol. The van der Waals surface area contributed by atoms with Gasteiger partial charge in [-0.2, -0.15) is 0 Å². The SMILES string of the molecule is CNc1ncc(Br)cc1S(=O)(=O)Nc1cc(F)ccc1Cl. The van der Waals surface area contributed by atoms with Crippen LogP contribution in [0.4, 0.5) is 15.9 Å². The van der Waals surface area contributed by atoms with Crippen molar-refractivity contribution < 1.29 is 12.8 Å². The summed E-state index contributed by atoms with van der Waals surface area (Å²) >= 11 is 9.02. The van der Waals surface area contributed by atoms with Crippen LogP contribution in [0.3, 0.4) is 0 Å². The van der Waals surface area contributed by atoms with Crippen LogP contribution in [0, 0.1) is 5.82 Å². The molecule has 112 valence electrons. The first-order valence-electron chi connectivity index (χ1n) is 5.64. The van der Waals surface area contributed by atoms with Crippen molar-refractivity contribution in [3.05, 3.63) is 45.8 Å². The van der Waals surface area contributed by atoms with E-state index in [1.807, 2.05) is 0 Å². The van der Waals surface area contributed by atoms with Gasteiger partial charge in [-0.1, -0.05) is 11.6 Å². The van der Waals surface area contributed by atoms with Crippen LogP contribution in [0.2, 0.25) is 5.02 Å². The first kappa shape index (κ1) is 16.0. The molecule has 0 aliphatic rings. The molecule has 9 heteroatoms. The number of hydrogen-bond donors (Lipinski definition) is 2. The highest BCUT2D eigenvalue weighted by Gasteiger charge is 2.21. The van der Waals surface area contributed by atoms with Gasteiger partial charge in [-0.3, -0.25) is 4.72 Å². The standard InChI is InChI=1S/C12H10BrClFN3O2S/c1-16-12-11(4-7(13)6-17-12)21(19,20)18-10-5-8(15)2-3-9(10)14/h2-6,18H,1H3,(H,16,17). The Bertz CT molecular complexity index is 786. The maximum absolute atomic E-state index is 13.2. The molecule has 2 N–H and O–H groups in total. The van der Waals surface area contributed by atoms with Crippen molar-refractivity contribution in [1.82, 2.24) is 4.98 Å². The van der Waals surface area contributed by atoms with Crippen molar-refractivity contribution in [1.29, 1.82) is 0 Å². The van der Waals surface area contributed by atoms with Crippen molar-refractivity contribution in [2.75, 3.05) is 17.1 Å². The number of pyridine rings is 1. The molecule has 0 atom stereocenters. The normalized spacial score (nSPS) is 11.2. The summed E-state index contributed by atoms with van der Waals surface area (Å²) in [6.45, 7) is 0. The third-order valence-corrected chi connectivity index (χ3v) is 4.66. The predicted octanol–water partition coefficient (Wildman–Crippen LogP) is 3.48. The molecule has 2 aromatic rings. The second kappa shape index (κ2) is 6.17. The largest absolute Gasteiger partial charge is 0.372 e. The third kappa shape index (κ3) is 3.63. The molecule has 1 heterocycles. The molecule has 0 spiro atoms. The van der Waals surface area contributed by atoms with Gasteiger partial charge in [0.1, 0.15) is 16.5 Å². The Morgan fingerprint density at radius 1 is 1.33 bits per heavy atom. The molecule has 2 rings (SSSR count). The number of halogens is 3. The van der Waals surface area contributed by atoms with E-state index in [-0.39, 0.29) is 21.4 Å². The maximum atomic E-state index is 13.2. The van der Waals surface area contributed by atoms with Gasteiger partial charge < -0.3 is 5.32 Å². The molecule has 0 bridgehead atoms. The van der Waals surface area contributed by atoms with E-state index in [4.69, 9.17) is 11.6 Å². The number of anilines is 2. The Balaban J connectivity index is 2.48. The van der Waals surface area contributed by atoms with Gasteiger partial charge >= 0.3 is 0 Å². The van der Waals surface area contributed by atoms with Gasteiger partial charge in [0, 0.05) is 17.7 Å². The molecule has 0 aliphatic carbocycles. The number of sulfonamides is 1. The second-order valence-corrected chi connectivity index (χ2v) is 6.95. The van der Waals surface area contributed by atoms with Crippen LogP contribution in [0.1, 0.15) is 0 Å². The van der Waals surface area contributed by atoms with Gasteiger partial charge in [0.05, 0.1) is 10.7 Å². The quantitative estimate of drug-likeness (QED) is 0.833. The summed E-state index contributed by atoms with van der Waals surface area (Å²) in [5.74, 6) is -0.434. The summed E-state index contributed by atoms with van der Waals surface area (Å²) < 4.78 is 40.8. The minimum Gasteiger partial charge on any atom is -0.372 e. The van der Waals surface area contributed by atoms with Crippen LogP contribution >= 0.6 is 27.5 Å². The van der Waals surface area contributed by atoms with Gasteiger partial charge in [-0.05, 0) is 40.2 Å². The van der Waals surface area contributed by atoms with E-state index in [1.54, 1.807) is 7.05 Å². The summed E-state index contributed by atoms with van der Waals surface area (Å²) in [6, 6.07) is 4.80. The molecule has 0 amide bonds. The summed E-state index contributed by atoms with van der Waals surface area (Å²) in [5.41, 5.74) is -0.0429. The fraction of sp³-hybridized carbons (Fsp3) is 0.0833. The topological polar surface area (TPSA) is 71.1 Å². The highest BCUT2D eigenvalue weighted by Crippen LogP contribution is 2.28. The van der Waals surface area contributed by atoms with Gasteiger partial charge in [-0.25, -0.2) is 17.8 Å². The van der Waals surface area contributed by atoms with Gasteiger partial charge in [0.25, 0.3) is 10.0 Å². The molecular formula is C12H10BrClFN3O2S. The Labute approximate surface area is 134 Å². The summed E-state index contributed by atoms with van der Waals surface area (Å²) in [4.78, 5) is 3.88. The second-order valence-electron chi connectivity index (χ2n) is 3.98. The molecule has 0 radical (unpaired) electrons. The van der Waals surface area contributed by atoms with Crippen molar-refractivity contribution >= 4 is 49.1 Å². The average Bonchev–Trinajstić information content (AvgIpc) is 2.42. The van der Waals surface area contributed by atoms with Gasteiger partial charge in [-0.15, -0.1) is 0 Å². The van der Waals surface area contributed by atoms with Crippen molar-refractivity contribution in [3.8, 4) is 0 Å². The number of nitrogens with one attached hydrogen (secondary N) is 2. The lowest BCUT2D eigenvalue weighted by atomic mass is 10.3. The van der Waals surface area contributed by atoms with Crippen LogP contribution < -0.4 is 10.0 Å². The lowest BCUT2D eigenvalue weighted by Crippen LogP contribution is -2.16. The van der Waals surface area contributed by atoms with E-state index in [0.717, 1.165) is 12.1 Å². The number of nitrogens with zero attached hydrogens (tertiary/aromatic N) is 1. The monoisotopic (exact) mass is 393 g/mol. The highest BCUT2D eigenvalue weighted by molar-refractivity contribution is 9.10. The number of aromatic nitrogens is 1. The molecule has 0 aliphatic heterocycles. The third-order valence-electron chi connectivity index (χ3n) is 2.52. The highest BCUT2D eigenvalue weighted by atomic mass is 79.9. The van der Waals surface area contributed by atoms with Crippen molar-refractivity contribution in [2.24, 2.45) is 0 Å². The molecule has 1 aromatic carbocycles. The Hall–Kier alpha value is -1.38. The molecule has 1 aromatic heterocycles. The lowest BCUT2D eigenvalue weighted by molar-refractivity contribution is 0.601. The molecule has 0 saturated carbocycles. The minimum absolute atomic E-state index is 0.0429. The van der Waals surface area contributed by atoms with Gasteiger partial charge in [0.2, 0.25) is 0 Å². The van der Waals surface area contributed by atoms with Gasteiger partial charge in [0.15, 0.2) is 0 Å². The molecule has 5 nitrogen and oxygen atoms in total. The Kier molecular flexibility index (Phi) is 4.70. The van der Waals surface area contributed by atoms with Crippen LogP contribution in [0.5, 0.6) is 0 Å². The fourth-order valence-corrected chi connectivity index (χ4v) is 3.55. The van der Waals surface area contributed by atoms with Crippen LogP contribution in [-0.4, -0.2) is 20.4 Å². The van der Waals surface area contributed by atoms with Crippen LogP contribution in [0.25, 0.3) is 0 Å². The Morgan fingerprint density at radius 2 is 2.05 bits per heavy atom. The zero-order valence-electron chi connectivity index (χ0n) is 10.7. The number of benzene rings is 1. The summed E-state index contributed by atoms with van der Waals surface area (Å²) in [6.07, 6.45) is 1.46. The molecule has 21 heavy (non-hydrogen) atoms. The van der Waals surface area contributed by atoms with Crippen molar-refractivity contribution in [2.45, 2.75) is 4.90 Å². The molecule has 0 unspecified atom stereocenters. The zero-order chi connectivity index (χ0) is 15.6. The van der Waals surface area contributed by atoms with E-state index in [1.165, 1.54) is 18.3 Å². The van der Waals surface area contributed by atoms with E-state index in [0.29, 0.717) is 4.47 Å². The fourth-order valence-electron chi connectivity index (χ4n) is 1.59. The minimum atomic E-state index is -3.97. The van der Waals surface area contributed by atoms with Crippen LogP contribution in [0.15, 0.2) is 39.8 Å². The molecule has 0 saturated heterocycles. The van der Waals surface area contributed by atoms with Crippen molar-refractivity contribution in [3.63, 3.8) is 0 Å². The van der Waals surface area contributed by atoms with E-state index >= 15 is 0 Å². The summed E-state index contributed by atoms with van der Waals surface area (Å²) in [5, 5.41) is 2.77. The first-order chi connectivity index (χ1) is 9.83. The zero-order valence-corrected chi connectivity index (χ0v) is 13.9. The molecule has 0 fully saturated rings. The number of hydrogen-bond acceptors (Lipinski definition) is 4. The molecular weight excluding hydrogens is 385 g/mol. The van der Waals surface area contributed by atoms with E-state index < -0.39 is 15.8 Å². The number of rotatable bonds is 4.